The minimum absolute atomic E-state index is 0.0472. The van der Waals surface area contributed by atoms with Crippen LogP contribution in [0.3, 0.4) is 0 Å². The van der Waals surface area contributed by atoms with Gasteiger partial charge in [-0.1, -0.05) is 20.8 Å². The van der Waals surface area contributed by atoms with Gasteiger partial charge in [0.2, 0.25) is 5.91 Å². The van der Waals surface area contributed by atoms with Crippen LogP contribution < -0.4 is 5.32 Å². The van der Waals surface area contributed by atoms with E-state index >= 15 is 0 Å². The topological polar surface area (TPSA) is 74.7 Å². The van der Waals surface area contributed by atoms with Crippen molar-refractivity contribution in [2.24, 2.45) is 5.10 Å². The van der Waals surface area contributed by atoms with E-state index < -0.39 is 0 Å². The lowest BCUT2D eigenvalue weighted by molar-refractivity contribution is -0.130. The van der Waals surface area contributed by atoms with E-state index in [-0.39, 0.29) is 17.2 Å². The van der Waals surface area contributed by atoms with Crippen LogP contribution in [0.4, 0.5) is 5.13 Å². The van der Waals surface area contributed by atoms with Gasteiger partial charge in [0.05, 0.1) is 5.69 Å². The molecule has 7 heteroatoms. The van der Waals surface area contributed by atoms with Crippen LogP contribution in [-0.2, 0) is 15.0 Å². The lowest BCUT2D eigenvalue weighted by Gasteiger charge is -2.18. The molecule has 1 aliphatic heterocycles. The third kappa shape index (κ3) is 3.22. The van der Waals surface area contributed by atoms with Crippen LogP contribution in [0.1, 0.15) is 39.3 Å². The van der Waals surface area contributed by atoms with Crippen molar-refractivity contribution in [3.8, 4) is 0 Å². The SMILES string of the molecule is CN1N=C(C(=O)Nc2nc(C(C)(C)C)cs2)CCC1=O. The van der Waals surface area contributed by atoms with Crippen molar-refractivity contribution in [2.45, 2.75) is 39.0 Å². The summed E-state index contributed by atoms with van der Waals surface area (Å²) in [4.78, 5) is 27.8. The highest BCUT2D eigenvalue weighted by molar-refractivity contribution is 7.14. The molecule has 0 aliphatic carbocycles. The fraction of sp³-hybridized carbons (Fsp3) is 0.538. The largest absolute Gasteiger partial charge is 0.297 e. The molecule has 6 nitrogen and oxygen atoms in total. The molecule has 0 aromatic carbocycles. The third-order valence-electron chi connectivity index (χ3n) is 2.96. The van der Waals surface area contributed by atoms with Gasteiger partial charge in [-0.25, -0.2) is 9.99 Å². The molecule has 0 saturated heterocycles. The van der Waals surface area contributed by atoms with Gasteiger partial charge in [-0.15, -0.1) is 11.3 Å². The maximum Gasteiger partial charge on any atom is 0.273 e. The molecule has 0 unspecified atom stereocenters. The Labute approximate surface area is 121 Å². The number of rotatable bonds is 2. The van der Waals surface area contributed by atoms with Crippen molar-refractivity contribution >= 4 is 34.0 Å². The third-order valence-corrected chi connectivity index (χ3v) is 3.72. The summed E-state index contributed by atoms with van der Waals surface area (Å²) in [5.41, 5.74) is 1.25. The second-order valence-electron chi connectivity index (χ2n) is 5.71. The van der Waals surface area contributed by atoms with Gasteiger partial charge in [-0.05, 0) is 0 Å². The number of amides is 2. The number of anilines is 1. The predicted octanol–water partition coefficient (Wildman–Crippen LogP) is 1.99. The molecule has 2 amide bonds. The van der Waals surface area contributed by atoms with Gasteiger partial charge in [-0.3, -0.25) is 14.9 Å². The molecular weight excluding hydrogens is 276 g/mol. The number of hydrogen-bond acceptors (Lipinski definition) is 5. The smallest absolute Gasteiger partial charge is 0.273 e. The summed E-state index contributed by atoms with van der Waals surface area (Å²) in [6.07, 6.45) is 0.681. The molecule has 1 aromatic rings. The van der Waals surface area contributed by atoms with Crippen molar-refractivity contribution in [1.29, 1.82) is 0 Å². The van der Waals surface area contributed by atoms with Gasteiger partial charge in [-0.2, -0.15) is 5.10 Å². The molecular formula is C13H18N4O2S. The molecule has 1 N–H and O–H groups in total. The van der Waals surface area contributed by atoms with Gasteiger partial charge in [0.25, 0.3) is 5.91 Å². The second-order valence-corrected chi connectivity index (χ2v) is 6.56. The average Bonchev–Trinajstić information content (AvgIpc) is 2.81. The van der Waals surface area contributed by atoms with Crippen molar-refractivity contribution in [2.75, 3.05) is 12.4 Å². The van der Waals surface area contributed by atoms with E-state index in [0.29, 0.717) is 23.7 Å². The van der Waals surface area contributed by atoms with E-state index in [1.807, 2.05) is 5.38 Å². The van der Waals surface area contributed by atoms with Gasteiger partial charge < -0.3 is 0 Å². The number of hydrogen-bond donors (Lipinski definition) is 1. The Balaban J connectivity index is 2.07. The molecule has 0 radical (unpaired) electrons. The summed E-state index contributed by atoms with van der Waals surface area (Å²) in [5.74, 6) is -0.370. The summed E-state index contributed by atoms with van der Waals surface area (Å²) in [6, 6.07) is 0. The van der Waals surface area contributed by atoms with E-state index in [9.17, 15) is 9.59 Å². The molecule has 2 heterocycles. The number of thiazole rings is 1. The van der Waals surface area contributed by atoms with Gasteiger partial charge >= 0.3 is 0 Å². The number of carbonyl (C=O) groups excluding carboxylic acids is 2. The number of nitrogens with zero attached hydrogens (tertiary/aromatic N) is 3. The fourth-order valence-electron chi connectivity index (χ4n) is 1.68. The number of hydrazone groups is 1. The van der Waals surface area contributed by atoms with Crippen molar-refractivity contribution < 1.29 is 9.59 Å². The van der Waals surface area contributed by atoms with Gasteiger partial charge in [0.15, 0.2) is 5.13 Å². The van der Waals surface area contributed by atoms with E-state index in [2.05, 4.69) is 36.2 Å². The normalized spacial score (nSPS) is 16.1. The Morgan fingerprint density at radius 3 is 2.65 bits per heavy atom. The highest BCUT2D eigenvalue weighted by atomic mass is 32.1. The molecule has 0 bridgehead atoms. The maximum atomic E-state index is 12.1. The number of aromatic nitrogens is 1. The minimum Gasteiger partial charge on any atom is -0.297 e. The van der Waals surface area contributed by atoms with E-state index in [1.54, 1.807) is 7.05 Å². The zero-order valence-electron chi connectivity index (χ0n) is 12.1. The van der Waals surface area contributed by atoms with Gasteiger partial charge in [0.1, 0.15) is 5.71 Å². The Bertz CT molecular complexity index is 571. The van der Waals surface area contributed by atoms with Crippen LogP contribution in [0, 0.1) is 0 Å². The van der Waals surface area contributed by atoms with Crippen LogP contribution >= 0.6 is 11.3 Å². The lowest BCUT2D eigenvalue weighted by atomic mass is 9.93. The summed E-state index contributed by atoms with van der Waals surface area (Å²) in [6.45, 7) is 6.21. The minimum atomic E-state index is -0.292. The van der Waals surface area contributed by atoms with E-state index in [1.165, 1.54) is 16.3 Å². The van der Waals surface area contributed by atoms with Crippen molar-refractivity contribution in [3.05, 3.63) is 11.1 Å². The summed E-state index contributed by atoms with van der Waals surface area (Å²) in [7, 11) is 1.55. The first-order valence-corrected chi connectivity index (χ1v) is 7.27. The predicted molar refractivity (Wildman–Crippen MR) is 78.9 cm³/mol. The first-order chi connectivity index (χ1) is 9.27. The Morgan fingerprint density at radius 1 is 1.40 bits per heavy atom. The van der Waals surface area contributed by atoms with Crippen LogP contribution in [0.15, 0.2) is 10.5 Å². The molecule has 1 aliphatic rings. The summed E-state index contributed by atoms with van der Waals surface area (Å²) >= 11 is 1.39. The van der Waals surface area contributed by atoms with Crippen LogP contribution in [0.25, 0.3) is 0 Å². The Morgan fingerprint density at radius 2 is 2.10 bits per heavy atom. The number of nitrogens with one attached hydrogen (secondary N) is 1. The van der Waals surface area contributed by atoms with E-state index in [4.69, 9.17) is 0 Å². The summed E-state index contributed by atoms with van der Waals surface area (Å²) < 4.78 is 0. The Kier molecular flexibility index (Phi) is 3.89. The van der Waals surface area contributed by atoms with Crippen LogP contribution in [0.2, 0.25) is 0 Å². The quantitative estimate of drug-likeness (QED) is 0.906. The van der Waals surface area contributed by atoms with Crippen LogP contribution in [-0.4, -0.2) is 34.6 Å². The molecule has 1 aromatic heterocycles. The monoisotopic (exact) mass is 294 g/mol. The maximum absolute atomic E-state index is 12.1. The first kappa shape index (κ1) is 14.6. The standard InChI is InChI=1S/C13H18N4O2S/c1-13(2,3)9-7-20-12(14-9)15-11(19)8-5-6-10(18)17(4)16-8/h7H,5-6H2,1-4H3,(H,14,15,19). The lowest BCUT2D eigenvalue weighted by Crippen LogP contribution is -2.34. The Hall–Kier alpha value is -1.76. The molecule has 0 atom stereocenters. The number of carbonyl (C=O) groups is 2. The highest BCUT2D eigenvalue weighted by Gasteiger charge is 2.23. The molecule has 0 saturated carbocycles. The molecule has 108 valence electrons. The molecule has 0 spiro atoms. The van der Waals surface area contributed by atoms with Crippen molar-refractivity contribution in [1.82, 2.24) is 9.99 Å². The second kappa shape index (κ2) is 5.32. The zero-order chi connectivity index (χ0) is 14.9. The molecule has 20 heavy (non-hydrogen) atoms. The highest BCUT2D eigenvalue weighted by Crippen LogP contribution is 2.26. The van der Waals surface area contributed by atoms with E-state index in [0.717, 1.165) is 5.69 Å². The molecule has 0 fully saturated rings. The zero-order valence-corrected chi connectivity index (χ0v) is 12.9. The average molecular weight is 294 g/mol. The summed E-state index contributed by atoms with van der Waals surface area (Å²) in [5, 5.41) is 10.4. The van der Waals surface area contributed by atoms with Crippen molar-refractivity contribution in [3.63, 3.8) is 0 Å². The van der Waals surface area contributed by atoms with Gasteiger partial charge in [0, 0.05) is 30.7 Å². The van der Waals surface area contributed by atoms with Crippen LogP contribution in [0.5, 0.6) is 0 Å². The molecule has 2 rings (SSSR count). The first-order valence-electron chi connectivity index (χ1n) is 6.39. The fourth-order valence-corrected chi connectivity index (χ4v) is 2.61.